The minimum absolute atomic E-state index is 0.167. The molecule has 0 fully saturated rings. The second-order valence-electron chi connectivity index (χ2n) is 4.40. The van der Waals surface area contributed by atoms with Gasteiger partial charge in [-0.3, -0.25) is 4.79 Å². The van der Waals surface area contributed by atoms with Crippen LogP contribution < -0.4 is 5.32 Å². The van der Waals surface area contributed by atoms with Crippen molar-refractivity contribution in [3.8, 4) is 6.07 Å². The largest absolute Gasteiger partial charge is 0.381 e. The molecule has 18 heavy (non-hydrogen) atoms. The molecule has 0 aliphatic heterocycles. The molecule has 5 heteroatoms. The zero-order valence-electron chi connectivity index (χ0n) is 11.2. The molecule has 1 N–H and O–H groups in total. The highest BCUT2D eigenvalue weighted by molar-refractivity contribution is 7.14. The van der Waals surface area contributed by atoms with Crippen molar-refractivity contribution in [3.05, 3.63) is 21.4 Å². The molecule has 1 aromatic heterocycles. The Balaban J connectivity index is 2.85. The van der Waals surface area contributed by atoms with Crippen LogP contribution in [0.4, 0.5) is 0 Å². The third-order valence-corrected chi connectivity index (χ3v) is 4.01. The third-order valence-electron chi connectivity index (χ3n) is 2.63. The van der Waals surface area contributed by atoms with Crippen molar-refractivity contribution in [1.82, 2.24) is 5.32 Å². The van der Waals surface area contributed by atoms with Gasteiger partial charge in [-0.05, 0) is 31.9 Å². The lowest BCUT2D eigenvalue weighted by atomic mass is 10.1. The lowest BCUT2D eigenvalue weighted by molar-refractivity contribution is 0.0864. The van der Waals surface area contributed by atoms with Crippen LogP contribution in [-0.2, 0) is 11.2 Å². The number of amides is 1. The molecule has 1 rings (SSSR count). The van der Waals surface area contributed by atoms with E-state index in [9.17, 15) is 4.79 Å². The zero-order chi connectivity index (χ0) is 13.8. The van der Waals surface area contributed by atoms with Crippen LogP contribution in [-0.4, -0.2) is 25.2 Å². The number of hydrogen-bond donors (Lipinski definition) is 1. The quantitative estimate of drug-likeness (QED) is 0.889. The summed E-state index contributed by atoms with van der Waals surface area (Å²) in [5.41, 5.74) is 0.133. The van der Waals surface area contributed by atoms with E-state index in [0.29, 0.717) is 4.88 Å². The van der Waals surface area contributed by atoms with Crippen LogP contribution in [0.3, 0.4) is 0 Å². The zero-order valence-corrected chi connectivity index (χ0v) is 12.0. The number of methoxy groups -OCH3 is 1. The molecule has 0 saturated heterocycles. The molecule has 98 valence electrons. The van der Waals surface area contributed by atoms with Crippen LogP contribution in [0.5, 0.6) is 0 Å². The topological polar surface area (TPSA) is 62.1 Å². The third kappa shape index (κ3) is 3.31. The average Bonchev–Trinajstić information content (AvgIpc) is 2.71. The molecule has 4 nitrogen and oxygen atoms in total. The van der Waals surface area contributed by atoms with Crippen molar-refractivity contribution in [3.63, 3.8) is 0 Å². The molecule has 0 aliphatic rings. The van der Waals surface area contributed by atoms with Gasteiger partial charge < -0.3 is 10.1 Å². The van der Waals surface area contributed by atoms with Gasteiger partial charge in [0.1, 0.15) is 5.54 Å². The molecule has 0 bridgehead atoms. The van der Waals surface area contributed by atoms with E-state index in [0.717, 1.165) is 12.0 Å². The van der Waals surface area contributed by atoms with Gasteiger partial charge in [-0.15, -0.1) is 11.3 Å². The number of rotatable bonds is 5. The van der Waals surface area contributed by atoms with Gasteiger partial charge in [-0.2, -0.15) is 5.26 Å². The fourth-order valence-corrected chi connectivity index (χ4v) is 2.69. The van der Waals surface area contributed by atoms with Gasteiger partial charge in [0.25, 0.3) is 5.91 Å². The minimum Gasteiger partial charge on any atom is -0.381 e. The van der Waals surface area contributed by atoms with Gasteiger partial charge in [0.05, 0.1) is 17.6 Å². The van der Waals surface area contributed by atoms with Gasteiger partial charge in [0, 0.05) is 12.0 Å². The predicted octanol–water partition coefficient (Wildman–Crippen LogP) is 2.28. The highest BCUT2D eigenvalue weighted by Crippen LogP contribution is 2.22. The molecule has 1 unspecified atom stereocenters. The molecule has 1 aromatic rings. The number of carbonyl (C=O) groups excluding carboxylic acids is 1. The second kappa shape index (κ2) is 5.98. The molecule has 0 saturated carbocycles. The summed E-state index contributed by atoms with van der Waals surface area (Å²) in [4.78, 5) is 13.9. The Morgan fingerprint density at radius 3 is 2.78 bits per heavy atom. The van der Waals surface area contributed by atoms with E-state index in [4.69, 9.17) is 10.00 Å². The number of carbonyl (C=O) groups is 1. The van der Waals surface area contributed by atoms with Crippen molar-refractivity contribution in [1.29, 1.82) is 5.26 Å². The number of nitriles is 1. The van der Waals surface area contributed by atoms with Gasteiger partial charge in [-0.1, -0.05) is 6.92 Å². The molecule has 1 amide bonds. The van der Waals surface area contributed by atoms with Crippen molar-refractivity contribution < 1.29 is 9.53 Å². The summed E-state index contributed by atoms with van der Waals surface area (Å²) in [6.07, 6.45) is 0.914. The second-order valence-corrected chi connectivity index (χ2v) is 5.54. The Labute approximate surface area is 112 Å². The Hall–Kier alpha value is -1.38. The summed E-state index contributed by atoms with van der Waals surface area (Å²) in [6.45, 7) is 5.87. The fraction of sp³-hybridized carbons (Fsp3) is 0.538. The van der Waals surface area contributed by atoms with Crippen molar-refractivity contribution in [2.75, 3.05) is 13.7 Å². The number of thiophene rings is 1. The SMILES string of the molecule is CCc1sc(C(=O)NC(C)(C#N)COC)cc1C. The standard InChI is InChI=1S/C13H18N2O2S/c1-5-10-9(2)6-11(18-10)12(16)15-13(3,7-14)8-17-4/h6H,5,8H2,1-4H3,(H,15,16). The van der Waals surface area contributed by atoms with Crippen LogP contribution >= 0.6 is 11.3 Å². The van der Waals surface area contributed by atoms with Crippen LogP contribution in [0.1, 0.15) is 34.0 Å². The van der Waals surface area contributed by atoms with E-state index in [1.165, 1.54) is 23.3 Å². The van der Waals surface area contributed by atoms with E-state index < -0.39 is 5.54 Å². The molecule has 0 spiro atoms. The van der Waals surface area contributed by atoms with E-state index in [-0.39, 0.29) is 12.5 Å². The van der Waals surface area contributed by atoms with Crippen molar-refractivity contribution in [2.45, 2.75) is 32.7 Å². The molecule has 1 heterocycles. The average molecular weight is 266 g/mol. The van der Waals surface area contributed by atoms with Crippen LogP contribution in [0, 0.1) is 18.3 Å². The summed E-state index contributed by atoms with van der Waals surface area (Å²) in [5.74, 6) is -0.219. The number of nitrogens with one attached hydrogen (secondary N) is 1. The van der Waals surface area contributed by atoms with Gasteiger partial charge in [0.15, 0.2) is 0 Å². The summed E-state index contributed by atoms with van der Waals surface area (Å²) in [7, 11) is 1.51. The normalized spacial score (nSPS) is 13.7. The predicted molar refractivity (Wildman–Crippen MR) is 71.8 cm³/mol. The first-order valence-corrected chi connectivity index (χ1v) is 6.59. The summed E-state index contributed by atoms with van der Waals surface area (Å²) >= 11 is 1.47. The van der Waals surface area contributed by atoms with Crippen LogP contribution in [0.15, 0.2) is 6.07 Å². The molecule has 1 atom stereocenters. The molecular weight excluding hydrogens is 248 g/mol. The number of ether oxygens (including phenoxy) is 1. The monoisotopic (exact) mass is 266 g/mol. The first-order valence-electron chi connectivity index (χ1n) is 5.77. The molecule has 0 radical (unpaired) electrons. The van der Waals surface area contributed by atoms with Gasteiger partial charge in [-0.25, -0.2) is 0 Å². The summed E-state index contributed by atoms with van der Waals surface area (Å²) < 4.78 is 4.95. The van der Waals surface area contributed by atoms with Crippen molar-refractivity contribution >= 4 is 17.2 Å². The van der Waals surface area contributed by atoms with E-state index in [1.807, 2.05) is 13.0 Å². The Morgan fingerprint density at radius 1 is 1.67 bits per heavy atom. The number of aryl methyl sites for hydroxylation is 2. The fourth-order valence-electron chi connectivity index (χ4n) is 1.68. The minimum atomic E-state index is -0.990. The summed E-state index contributed by atoms with van der Waals surface area (Å²) in [5, 5.41) is 11.8. The number of nitrogens with zero attached hydrogens (tertiary/aromatic N) is 1. The van der Waals surface area contributed by atoms with Gasteiger partial charge >= 0.3 is 0 Å². The highest BCUT2D eigenvalue weighted by Gasteiger charge is 2.27. The molecular formula is C13H18N2O2S. The van der Waals surface area contributed by atoms with E-state index in [2.05, 4.69) is 18.3 Å². The first-order chi connectivity index (χ1) is 8.45. The Kier molecular flexibility index (Phi) is 4.88. The van der Waals surface area contributed by atoms with Crippen LogP contribution in [0.25, 0.3) is 0 Å². The van der Waals surface area contributed by atoms with E-state index in [1.54, 1.807) is 6.92 Å². The maximum Gasteiger partial charge on any atom is 0.262 e. The maximum atomic E-state index is 12.1. The lowest BCUT2D eigenvalue weighted by Gasteiger charge is -2.21. The van der Waals surface area contributed by atoms with E-state index >= 15 is 0 Å². The highest BCUT2D eigenvalue weighted by atomic mass is 32.1. The van der Waals surface area contributed by atoms with Gasteiger partial charge in [0.2, 0.25) is 0 Å². The summed E-state index contributed by atoms with van der Waals surface area (Å²) in [6, 6.07) is 3.93. The maximum absolute atomic E-state index is 12.1. The lowest BCUT2D eigenvalue weighted by Crippen LogP contribution is -2.48. The smallest absolute Gasteiger partial charge is 0.262 e. The number of hydrogen-bond acceptors (Lipinski definition) is 4. The molecule has 0 aliphatic carbocycles. The van der Waals surface area contributed by atoms with Crippen LogP contribution in [0.2, 0.25) is 0 Å². The Morgan fingerprint density at radius 2 is 2.33 bits per heavy atom. The van der Waals surface area contributed by atoms with Crippen molar-refractivity contribution in [2.24, 2.45) is 0 Å². The Bertz CT molecular complexity index is 476. The molecule has 0 aromatic carbocycles. The first kappa shape index (κ1) is 14.7.